The van der Waals surface area contributed by atoms with Crippen LogP contribution in [0.25, 0.3) is 10.1 Å². The highest BCUT2D eigenvalue weighted by molar-refractivity contribution is 9.08. The van der Waals surface area contributed by atoms with Crippen molar-refractivity contribution in [3.05, 3.63) is 28.8 Å². The van der Waals surface area contributed by atoms with Crippen LogP contribution in [0.5, 0.6) is 0 Å². The maximum Gasteiger partial charge on any atom is 0.0868 e. The molecule has 68 valence electrons. The Hall–Kier alpha value is -0.250. The summed E-state index contributed by atoms with van der Waals surface area (Å²) in [6.45, 7) is 0. The quantitative estimate of drug-likeness (QED) is 0.782. The van der Waals surface area contributed by atoms with Crippen molar-refractivity contribution >= 4 is 54.0 Å². The zero-order valence-corrected chi connectivity index (χ0v) is 9.84. The number of alkyl halides is 1. The van der Waals surface area contributed by atoms with Gasteiger partial charge in [0.15, 0.2) is 0 Å². The molecule has 1 aromatic carbocycles. The molecule has 13 heavy (non-hydrogen) atoms. The minimum Gasteiger partial charge on any atom is -0.391 e. The SMILES string of the molecule is Nc1cc2cc(Cl)c(CBr)cc2s1. The van der Waals surface area contributed by atoms with Crippen molar-refractivity contribution in [2.75, 3.05) is 5.73 Å². The summed E-state index contributed by atoms with van der Waals surface area (Å²) in [6, 6.07) is 5.98. The molecule has 0 aliphatic heterocycles. The van der Waals surface area contributed by atoms with Crippen molar-refractivity contribution in [3.8, 4) is 0 Å². The second-order valence-electron chi connectivity index (χ2n) is 2.76. The highest BCUT2D eigenvalue weighted by Gasteiger charge is 2.04. The Balaban J connectivity index is 2.72. The standard InChI is InChI=1S/C9H7BrClNS/c10-4-6-2-8-5(1-7(6)11)3-9(12)13-8/h1-3H,4,12H2. The van der Waals surface area contributed by atoms with E-state index in [9.17, 15) is 0 Å². The molecule has 0 aliphatic rings. The van der Waals surface area contributed by atoms with Gasteiger partial charge in [-0.3, -0.25) is 0 Å². The van der Waals surface area contributed by atoms with Crippen LogP contribution in [0.3, 0.4) is 0 Å². The molecule has 2 N–H and O–H groups in total. The van der Waals surface area contributed by atoms with Crippen molar-refractivity contribution < 1.29 is 0 Å². The zero-order valence-electron chi connectivity index (χ0n) is 6.68. The third kappa shape index (κ3) is 1.68. The van der Waals surface area contributed by atoms with Gasteiger partial charge in [0, 0.05) is 15.1 Å². The fourth-order valence-corrected chi connectivity index (χ4v) is 2.97. The number of hydrogen-bond acceptors (Lipinski definition) is 2. The molecule has 1 heterocycles. The van der Waals surface area contributed by atoms with Crippen LogP contribution in [0.2, 0.25) is 5.02 Å². The lowest BCUT2D eigenvalue weighted by Crippen LogP contribution is -1.77. The van der Waals surface area contributed by atoms with Crippen LogP contribution < -0.4 is 5.73 Å². The summed E-state index contributed by atoms with van der Waals surface area (Å²) in [7, 11) is 0. The Morgan fingerprint density at radius 1 is 1.38 bits per heavy atom. The van der Waals surface area contributed by atoms with E-state index < -0.39 is 0 Å². The van der Waals surface area contributed by atoms with Gasteiger partial charge in [0.25, 0.3) is 0 Å². The van der Waals surface area contributed by atoms with E-state index in [0.717, 1.165) is 26.3 Å². The van der Waals surface area contributed by atoms with Crippen molar-refractivity contribution in [2.45, 2.75) is 5.33 Å². The van der Waals surface area contributed by atoms with Gasteiger partial charge in [-0.25, -0.2) is 0 Å². The number of fused-ring (bicyclic) bond motifs is 1. The number of anilines is 1. The Bertz CT molecular complexity index is 452. The molecule has 1 nitrogen and oxygen atoms in total. The molecule has 0 aliphatic carbocycles. The van der Waals surface area contributed by atoms with Gasteiger partial charge in [0.1, 0.15) is 0 Å². The fourth-order valence-electron chi connectivity index (χ4n) is 1.22. The first-order chi connectivity index (χ1) is 6.20. The predicted octanol–water partition coefficient (Wildman–Crippen LogP) is 4.03. The van der Waals surface area contributed by atoms with Gasteiger partial charge in [-0.05, 0) is 29.1 Å². The summed E-state index contributed by atoms with van der Waals surface area (Å²) in [6.07, 6.45) is 0. The Kier molecular flexibility index (Phi) is 2.49. The minimum absolute atomic E-state index is 0.777. The molecule has 4 heteroatoms. The van der Waals surface area contributed by atoms with Crippen LogP contribution >= 0.6 is 38.9 Å². The highest BCUT2D eigenvalue weighted by Crippen LogP contribution is 2.32. The van der Waals surface area contributed by atoms with Crippen molar-refractivity contribution in [1.29, 1.82) is 0 Å². The second-order valence-corrected chi connectivity index (χ2v) is 4.85. The number of hydrogen-bond donors (Lipinski definition) is 1. The van der Waals surface area contributed by atoms with Gasteiger partial charge in [0.05, 0.1) is 5.00 Å². The maximum atomic E-state index is 6.05. The monoisotopic (exact) mass is 275 g/mol. The van der Waals surface area contributed by atoms with E-state index in [0.29, 0.717) is 0 Å². The normalized spacial score (nSPS) is 10.9. The molecule has 0 saturated heterocycles. The van der Waals surface area contributed by atoms with Crippen LogP contribution in [0.15, 0.2) is 18.2 Å². The largest absolute Gasteiger partial charge is 0.391 e. The maximum absolute atomic E-state index is 6.05. The molecule has 2 aromatic rings. The summed E-state index contributed by atoms with van der Waals surface area (Å²) in [5.74, 6) is 0. The number of thiophene rings is 1. The van der Waals surface area contributed by atoms with Gasteiger partial charge < -0.3 is 5.73 Å². The molecule has 2 rings (SSSR count). The lowest BCUT2D eigenvalue weighted by Gasteiger charge is -1.98. The topological polar surface area (TPSA) is 26.0 Å². The number of benzene rings is 1. The van der Waals surface area contributed by atoms with Crippen LogP contribution in [0.1, 0.15) is 5.56 Å². The number of rotatable bonds is 1. The number of nitrogens with two attached hydrogens (primary N) is 1. The molecule has 0 spiro atoms. The van der Waals surface area contributed by atoms with Crippen molar-refractivity contribution in [1.82, 2.24) is 0 Å². The van der Waals surface area contributed by atoms with Crippen LogP contribution in [0, 0.1) is 0 Å². The molecule has 0 amide bonds. The van der Waals surface area contributed by atoms with E-state index in [4.69, 9.17) is 17.3 Å². The summed E-state index contributed by atoms with van der Waals surface area (Å²) in [5.41, 5.74) is 6.80. The highest BCUT2D eigenvalue weighted by atomic mass is 79.9. The predicted molar refractivity (Wildman–Crippen MR) is 63.9 cm³/mol. The van der Waals surface area contributed by atoms with E-state index in [1.807, 2.05) is 12.1 Å². The molecule has 0 bridgehead atoms. The number of nitrogen functional groups attached to an aromatic ring is 1. The Morgan fingerprint density at radius 3 is 2.85 bits per heavy atom. The third-order valence-corrected chi connectivity index (χ3v) is 3.73. The summed E-state index contributed by atoms with van der Waals surface area (Å²) >= 11 is 11.0. The molecule has 0 atom stereocenters. The third-order valence-electron chi connectivity index (χ3n) is 1.85. The lowest BCUT2D eigenvalue weighted by atomic mass is 10.2. The minimum atomic E-state index is 0.777. The van der Waals surface area contributed by atoms with E-state index in [-0.39, 0.29) is 0 Å². The van der Waals surface area contributed by atoms with E-state index in [1.54, 1.807) is 11.3 Å². The van der Waals surface area contributed by atoms with Gasteiger partial charge in [0.2, 0.25) is 0 Å². The first-order valence-corrected chi connectivity index (χ1v) is 6.05. The molecular formula is C9H7BrClNS. The summed E-state index contributed by atoms with van der Waals surface area (Å²) in [5, 5.41) is 3.52. The average molecular weight is 277 g/mol. The Morgan fingerprint density at radius 2 is 2.15 bits per heavy atom. The first-order valence-electron chi connectivity index (χ1n) is 3.74. The lowest BCUT2D eigenvalue weighted by molar-refractivity contribution is 1.47. The molecule has 0 fully saturated rings. The Labute approximate surface area is 93.6 Å². The van der Waals surface area contributed by atoms with Crippen LogP contribution in [0.4, 0.5) is 5.00 Å². The molecular weight excluding hydrogens is 270 g/mol. The molecule has 0 saturated carbocycles. The van der Waals surface area contributed by atoms with Crippen molar-refractivity contribution in [3.63, 3.8) is 0 Å². The van der Waals surface area contributed by atoms with Gasteiger partial charge in [-0.1, -0.05) is 27.5 Å². The summed E-state index contributed by atoms with van der Waals surface area (Å²) < 4.78 is 1.19. The summed E-state index contributed by atoms with van der Waals surface area (Å²) in [4.78, 5) is 0. The smallest absolute Gasteiger partial charge is 0.0868 e. The fraction of sp³-hybridized carbons (Fsp3) is 0.111. The zero-order chi connectivity index (χ0) is 9.42. The average Bonchev–Trinajstić information content (AvgIpc) is 2.42. The first kappa shape index (κ1) is 9.31. The molecule has 0 unspecified atom stereocenters. The van der Waals surface area contributed by atoms with Gasteiger partial charge >= 0.3 is 0 Å². The van der Waals surface area contributed by atoms with Gasteiger partial charge in [-0.15, -0.1) is 11.3 Å². The van der Waals surface area contributed by atoms with E-state index in [1.165, 1.54) is 4.70 Å². The van der Waals surface area contributed by atoms with Gasteiger partial charge in [-0.2, -0.15) is 0 Å². The number of halogens is 2. The second kappa shape index (κ2) is 3.48. The van der Waals surface area contributed by atoms with E-state index in [2.05, 4.69) is 22.0 Å². The molecule has 0 radical (unpaired) electrons. The van der Waals surface area contributed by atoms with Crippen LogP contribution in [-0.2, 0) is 5.33 Å². The van der Waals surface area contributed by atoms with Crippen LogP contribution in [-0.4, -0.2) is 0 Å². The van der Waals surface area contributed by atoms with E-state index >= 15 is 0 Å². The van der Waals surface area contributed by atoms with Crippen molar-refractivity contribution in [2.24, 2.45) is 0 Å². The molecule has 1 aromatic heterocycles.